The van der Waals surface area contributed by atoms with Crippen LogP contribution in [-0.4, -0.2) is 27.6 Å². The van der Waals surface area contributed by atoms with Crippen LogP contribution in [0, 0.1) is 5.92 Å². The minimum absolute atomic E-state index is 0.0114. The quantitative estimate of drug-likeness (QED) is 0.530. The van der Waals surface area contributed by atoms with Gasteiger partial charge in [-0.2, -0.15) is 12.6 Å². The molecule has 0 saturated carbocycles. The molecule has 0 radical (unpaired) electrons. The van der Waals surface area contributed by atoms with Crippen molar-refractivity contribution in [2.75, 3.05) is 0 Å². The Morgan fingerprint density at radius 3 is 2.30 bits per heavy atom. The normalized spacial score (nSPS) is 15.7. The molecule has 0 spiro atoms. The van der Waals surface area contributed by atoms with Crippen LogP contribution in [0.15, 0.2) is 30.3 Å². The lowest BCUT2D eigenvalue weighted by Crippen LogP contribution is -2.58. The van der Waals surface area contributed by atoms with Crippen LogP contribution in [-0.2, 0) is 16.0 Å². The van der Waals surface area contributed by atoms with Crippen molar-refractivity contribution < 1.29 is 14.7 Å². The lowest BCUT2D eigenvalue weighted by atomic mass is 9.83. The van der Waals surface area contributed by atoms with Crippen molar-refractivity contribution in [3.05, 3.63) is 35.9 Å². The van der Waals surface area contributed by atoms with Gasteiger partial charge in [-0.15, -0.1) is 0 Å². The number of rotatable bonds is 7. The van der Waals surface area contributed by atoms with Gasteiger partial charge in [-0.05, 0) is 24.3 Å². The van der Waals surface area contributed by atoms with Crippen molar-refractivity contribution in [1.29, 1.82) is 0 Å². The highest BCUT2D eigenvalue weighted by Crippen LogP contribution is 2.21. The highest BCUT2D eigenvalue weighted by atomic mass is 32.1. The first-order valence-electron chi connectivity index (χ1n) is 6.56. The molecule has 20 heavy (non-hydrogen) atoms. The van der Waals surface area contributed by atoms with Crippen LogP contribution < -0.4 is 5.73 Å². The second-order valence-electron chi connectivity index (χ2n) is 5.44. The summed E-state index contributed by atoms with van der Waals surface area (Å²) >= 11 is 4.25. The van der Waals surface area contributed by atoms with Crippen LogP contribution in [0.25, 0.3) is 0 Å². The van der Waals surface area contributed by atoms with E-state index in [1.54, 1.807) is 0 Å². The smallest absolute Gasteiger partial charge is 0.331 e. The highest BCUT2D eigenvalue weighted by Gasteiger charge is 2.44. The lowest BCUT2D eigenvalue weighted by molar-refractivity contribution is -0.149. The van der Waals surface area contributed by atoms with Crippen LogP contribution in [0.3, 0.4) is 0 Å². The number of carboxylic acids is 1. The lowest BCUT2D eigenvalue weighted by Gasteiger charge is -2.27. The van der Waals surface area contributed by atoms with Gasteiger partial charge in [0.05, 0.1) is 5.25 Å². The van der Waals surface area contributed by atoms with Gasteiger partial charge < -0.3 is 10.8 Å². The summed E-state index contributed by atoms with van der Waals surface area (Å²) in [6.45, 7) is 3.67. The maximum absolute atomic E-state index is 12.4. The number of benzene rings is 1. The first-order chi connectivity index (χ1) is 9.27. The maximum atomic E-state index is 12.4. The van der Waals surface area contributed by atoms with Gasteiger partial charge in [0, 0.05) is 0 Å². The van der Waals surface area contributed by atoms with E-state index in [4.69, 9.17) is 5.73 Å². The molecule has 1 aromatic rings. The standard InChI is InChI=1S/C15H21NO3S/c1-10(2)9-15(16,14(18)19)13(17)12(20)8-11-6-4-3-5-7-11/h3-7,10,12,20H,8-9,16H2,1-2H3,(H,18,19)/t12?,15-/m1/s1. The second-order valence-corrected chi connectivity index (χ2v) is 6.07. The first-order valence-corrected chi connectivity index (χ1v) is 7.07. The van der Waals surface area contributed by atoms with Gasteiger partial charge in [-0.25, -0.2) is 4.79 Å². The molecule has 0 bridgehead atoms. The third-order valence-electron chi connectivity index (χ3n) is 3.13. The average Bonchev–Trinajstić information content (AvgIpc) is 2.37. The zero-order valence-corrected chi connectivity index (χ0v) is 12.6. The summed E-state index contributed by atoms with van der Waals surface area (Å²) in [6.07, 6.45) is 0.472. The molecule has 1 rings (SSSR count). The van der Waals surface area contributed by atoms with Gasteiger partial charge in [0.1, 0.15) is 0 Å². The van der Waals surface area contributed by atoms with E-state index in [9.17, 15) is 14.7 Å². The van der Waals surface area contributed by atoms with E-state index >= 15 is 0 Å². The van der Waals surface area contributed by atoms with Gasteiger partial charge in [-0.3, -0.25) is 4.79 Å². The Bertz CT molecular complexity index is 475. The zero-order valence-electron chi connectivity index (χ0n) is 11.7. The summed E-state index contributed by atoms with van der Waals surface area (Å²) in [5, 5.41) is 8.56. The molecule has 110 valence electrons. The number of aliphatic carboxylic acids is 1. The number of carbonyl (C=O) groups is 2. The molecule has 0 fully saturated rings. The molecular formula is C15H21NO3S. The van der Waals surface area contributed by atoms with E-state index in [1.165, 1.54) is 0 Å². The number of carbonyl (C=O) groups excluding carboxylic acids is 1. The molecule has 0 amide bonds. The second kappa shape index (κ2) is 6.90. The van der Waals surface area contributed by atoms with Crippen molar-refractivity contribution in [2.45, 2.75) is 37.5 Å². The summed E-state index contributed by atoms with van der Waals surface area (Å²) in [5.74, 6) is -1.81. The number of carboxylic acid groups (broad SMARTS) is 1. The number of Topliss-reactive ketones (excluding diaryl/α,β-unsaturated/α-hetero) is 1. The predicted octanol–water partition coefficient (Wildman–Crippen LogP) is 1.92. The minimum Gasteiger partial charge on any atom is -0.480 e. The SMILES string of the molecule is CC(C)C[C@](N)(C(=O)O)C(=O)C(S)Cc1ccccc1. The van der Waals surface area contributed by atoms with Crippen molar-refractivity contribution in [3.8, 4) is 0 Å². The van der Waals surface area contributed by atoms with Gasteiger partial charge in [0.25, 0.3) is 0 Å². The van der Waals surface area contributed by atoms with E-state index in [1.807, 2.05) is 44.2 Å². The first kappa shape index (κ1) is 16.7. The van der Waals surface area contributed by atoms with E-state index in [-0.39, 0.29) is 12.3 Å². The van der Waals surface area contributed by atoms with E-state index in [0.717, 1.165) is 5.56 Å². The van der Waals surface area contributed by atoms with E-state index < -0.39 is 22.5 Å². The maximum Gasteiger partial charge on any atom is 0.331 e. The van der Waals surface area contributed by atoms with Gasteiger partial charge >= 0.3 is 5.97 Å². The molecule has 3 N–H and O–H groups in total. The number of ketones is 1. The third-order valence-corrected chi connectivity index (χ3v) is 3.54. The summed E-state index contributed by atoms with van der Waals surface area (Å²) in [7, 11) is 0. The van der Waals surface area contributed by atoms with Gasteiger partial charge in [0.2, 0.25) is 0 Å². The Kier molecular flexibility index (Phi) is 5.77. The van der Waals surface area contributed by atoms with Crippen molar-refractivity contribution >= 4 is 24.4 Å². The summed E-state index contributed by atoms with van der Waals surface area (Å²) < 4.78 is 0. The van der Waals surface area contributed by atoms with Crippen molar-refractivity contribution in [3.63, 3.8) is 0 Å². The third kappa shape index (κ3) is 4.08. The Morgan fingerprint density at radius 1 is 1.30 bits per heavy atom. The molecule has 0 heterocycles. The Balaban J connectivity index is 2.87. The molecule has 0 saturated heterocycles. The Morgan fingerprint density at radius 2 is 1.85 bits per heavy atom. The number of hydrogen-bond acceptors (Lipinski definition) is 4. The minimum atomic E-state index is -1.87. The van der Waals surface area contributed by atoms with Crippen LogP contribution in [0.5, 0.6) is 0 Å². The zero-order chi connectivity index (χ0) is 15.3. The van der Waals surface area contributed by atoms with Crippen LogP contribution in [0.1, 0.15) is 25.8 Å². The Hall–Kier alpha value is -1.33. The van der Waals surface area contributed by atoms with Crippen molar-refractivity contribution in [1.82, 2.24) is 0 Å². The molecule has 0 aliphatic rings. The molecular weight excluding hydrogens is 274 g/mol. The molecule has 0 aliphatic carbocycles. The topological polar surface area (TPSA) is 80.4 Å². The summed E-state index contributed by atoms with van der Waals surface area (Å²) in [5.41, 5.74) is 4.90. The monoisotopic (exact) mass is 295 g/mol. The number of thiol groups is 1. The summed E-state index contributed by atoms with van der Waals surface area (Å²) in [4.78, 5) is 23.7. The fourth-order valence-corrected chi connectivity index (χ4v) is 2.61. The van der Waals surface area contributed by atoms with Crippen molar-refractivity contribution in [2.24, 2.45) is 11.7 Å². The van der Waals surface area contributed by atoms with Crippen LogP contribution in [0.2, 0.25) is 0 Å². The molecule has 1 aromatic carbocycles. The van der Waals surface area contributed by atoms with Crippen LogP contribution >= 0.6 is 12.6 Å². The molecule has 2 atom stereocenters. The average molecular weight is 295 g/mol. The van der Waals surface area contributed by atoms with Crippen LogP contribution in [0.4, 0.5) is 0 Å². The largest absolute Gasteiger partial charge is 0.480 e. The predicted molar refractivity (Wildman–Crippen MR) is 81.9 cm³/mol. The van der Waals surface area contributed by atoms with Gasteiger partial charge in [-0.1, -0.05) is 44.2 Å². The van der Waals surface area contributed by atoms with E-state index in [2.05, 4.69) is 12.6 Å². The molecule has 4 nitrogen and oxygen atoms in total. The molecule has 0 aromatic heterocycles. The number of hydrogen-bond donors (Lipinski definition) is 3. The summed E-state index contributed by atoms with van der Waals surface area (Å²) in [6, 6.07) is 9.35. The Labute approximate surface area is 124 Å². The fraction of sp³-hybridized carbons (Fsp3) is 0.467. The highest BCUT2D eigenvalue weighted by molar-refractivity contribution is 7.81. The van der Waals surface area contributed by atoms with Gasteiger partial charge in [0.15, 0.2) is 11.3 Å². The molecule has 5 heteroatoms. The fourth-order valence-electron chi connectivity index (χ4n) is 2.16. The molecule has 1 unspecified atom stereocenters. The molecule has 0 aliphatic heterocycles. The van der Waals surface area contributed by atoms with E-state index in [0.29, 0.717) is 6.42 Å². The number of nitrogens with two attached hydrogens (primary N) is 1.